The van der Waals surface area contributed by atoms with Gasteiger partial charge in [0.1, 0.15) is 5.88 Å². The average molecular weight is 266 g/mol. The van der Waals surface area contributed by atoms with E-state index in [1.165, 1.54) is 12.4 Å². The zero-order valence-corrected chi connectivity index (χ0v) is 8.67. The van der Waals surface area contributed by atoms with E-state index in [4.69, 9.17) is 11.6 Å². The molecule has 0 fully saturated rings. The summed E-state index contributed by atoms with van der Waals surface area (Å²) < 4.78 is 1.65. The molecule has 0 spiro atoms. The largest absolute Gasteiger partial charge is 0.348 e. The summed E-state index contributed by atoms with van der Waals surface area (Å²) in [6, 6.07) is -0.628. The van der Waals surface area contributed by atoms with E-state index >= 15 is 0 Å². The molecule has 0 aliphatic carbocycles. The number of carbonyl (C=O) groups excluding carboxylic acids is 2. The van der Waals surface area contributed by atoms with Crippen molar-refractivity contribution in [2.75, 3.05) is 5.88 Å². The number of hydrogen-bond acceptors (Lipinski definition) is 3. The van der Waals surface area contributed by atoms with Gasteiger partial charge in [-0.05, 0) is 15.9 Å². The molecule has 0 aliphatic heterocycles. The molecule has 70 valence electrons. The first kappa shape index (κ1) is 10.2. The molecule has 1 aromatic rings. The van der Waals surface area contributed by atoms with Crippen molar-refractivity contribution in [3.05, 3.63) is 16.9 Å². The van der Waals surface area contributed by atoms with Crippen molar-refractivity contribution < 1.29 is 9.59 Å². The Morgan fingerprint density at radius 2 is 2.38 bits per heavy atom. The van der Waals surface area contributed by atoms with Gasteiger partial charge in [-0.1, -0.05) is 0 Å². The van der Waals surface area contributed by atoms with E-state index in [0.717, 1.165) is 4.68 Å². The fourth-order valence-electron chi connectivity index (χ4n) is 0.622. The number of nitrogens with one attached hydrogen (secondary N) is 1. The van der Waals surface area contributed by atoms with Crippen LogP contribution < -0.4 is 5.32 Å². The molecule has 0 unspecified atom stereocenters. The van der Waals surface area contributed by atoms with Gasteiger partial charge in [0.05, 0.1) is 10.7 Å². The topological polar surface area (TPSA) is 64.0 Å². The van der Waals surface area contributed by atoms with E-state index in [0.29, 0.717) is 4.47 Å². The normalized spacial score (nSPS) is 9.69. The van der Waals surface area contributed by atoms with Crippen LogP contribution >= 0.6 is 27.5 Å². The zero-order chi connectivity index (χ0) is 9.84. The van der Waals surface area contributed by atoms with Crippen molar-refractivity contribution in [2.45, 2.75) is 0 Å². The number of rotatable bonds is 1. The van der Waals surface area contributed by atoms with Gasteiger partial charge in [-0.2, -0.15) is 9.78 Å². The summed E-state index contributed by atoms with van der Waals surface area (Å²) in [7, 11) is 0. The summed E-state index contributed by atoms with van der Waals surface area (Å²) >= 11 is 8.29. The third kappa shape index (κ3) is 2.82. The van der Waals surface area contributed by atoms with Crippen molar-refractivity contribution in [3.63, 3.8) is 0 Å². The molecule has 7 heteroatoms. The molecule has 0 bridgehead atoms. The zero-order valence-electron chi connectivity index (χ0n) is 6.33. The monoisotopic (exact) mass is 265 g/mol. The van der Waals surface area contributed by atoms with Gasteiger partial charge < -0.3 is 0 Å². The Hall–Kier alpha value is -0.880. The lowest BCUT2D eigenvalue weighted by Crippen LogP contribution is -2.35. The Balaban J connectivity index is 2.64. The van der Waals surface area contributed by atoms with E-state index in [9.17, 15) is 9.59 Å². The highest BCUT2D eigenvalue weighted by Gasteiger charge is 2.09. The van der Waals surface area contributed by atoms with Crippen molar-refractivity contribution >= 4 is 39.5 Å². The Morgan fingerprint density at radius 3 is 2.85 bits per heavy atom. The van der Waals surface area contributed by atoms with Crippen LogP contribution in [0.15, 0.2) is 16.9 Å². The Bertz CT molecular complexity index is 338. The summed E-state index contributed by atoms with van der Waals surface area (Å²) in [5, 5.41) is 5.69. The van der Waals surface area contributed by atoms with Gasteiger partial charge in [0, 0.05) is 6.20 Å². The van der Waals surface area contributed by atoms with Gasteiger partial charge in [-0.3, -0.25) is 10.1 Å². The summed E-state index contributed by atoms with van der Waals surface area (Å²) in [5.41, 5.74) is 0. The van der Waals surface area contributed by atoms with Gasteiger partial charge >= 0.3 is 6.03 Å². The minimum absolute atomic E-state index is 0.256. The first-order valence-corrected chi connectivity index (χ1v) is 4.56. The molecule has 0 saturated heterocycles. The van der Waals surface area contributed by atoms with Crippen LogP contribution in [0.1, 0.15) is 0 Å². The average Bonchev–Trinajstić information content (AvgIpc) is 2.51. The second kappa shape index (κ2) is 4.38. The third-order valence-corrected chi connectivity index (χ3v) is 1.78. The molecule has 1 rings (SSSR count). The van der Waals surface area contributed by atoms with Crippen LogP contribution in [-0.2, 0) is 4.79 Å². The van der Waals surface area contributed by atoms with Crippen LogP contribution in [0.25, 0.3) is 0 Å². The van der Waals surface area contributed by atoms with Crippen molar-refractivity contribution in [2.24, 2.45) is 0 Å². The molecule has 1 N–H and O–H groups in total. The van der Waals surface area contributed by atoms with E-state index in [2.05, 4.69) is 21.0 Å². The predicted molar refractivity (Wildman–Crippen MR) is 49.6 cm³/mol. The van der Waals surface area contributed by atoms with Crippen LogP contribution in [0.2, 0.25) is 0 Å². The number of carbonyl (C=O) groups is 2. The Labute approximate surface area is 87.2 Å². The number of imide groups is 1. The predicted octanol–water partition coefficient (Wildman–Crippen LogP) is 0.969. The summed E-state index contributed by atoms with van der Waals surface area (Å²) in [6.07, 6.45) is 2.86. The SMILES string of the molecule is O=C(CCl)NC(=O)n1cc(Br)cn1. The summed E-state index contributed by atoms with van der Waals surface area (Å²) in [5.74, 6) is -0.813. The maximum absolute atomic E-state index is 11.1. The number of aromatic nitrogens is 2. The summed E-state index contributed by atoms with van der Waals surface area (Å²) in [4.78, 5) is 21.8. The number of halogens is 2. The van der Waals surface area contributed by atoms with E-state index in [1.54, 1.807) is 0 Å². The van der Waals surface area contributed by atoms with Gasteiger partial charge in [-0.15, -0.1) is 11.6 Å². The molecule has 0 saturated carbocycles. The molecule has 13 heavy (non-hydrogen) atoms. The summed E-state index contributed by atoms with van der Waals surface area (Å²) in [6.45, 7) is 0. The molecular weight excluding hydrogens is 261 g/mol. The van der Waals surface area contributed by atoms with Crippen LogP contribution in [0.3, 0.4) is 0 Å². The lowest BCUT2D eigenvalue weighted by Gasteiger charge is -1.99. The fourth-order valence-corrected chi connectivity index (χ4v) is 0.974. The van der Waals surface area contributed by atoms with E-state index in [1.807, 2.05) is 5.32 Å². The standard InChI is InChI=1S/C6H5BrClN3O2/c7-4-2-9-11(3-4)6(13)10-5(12)1-8/h2-3H,1H2,(H,10,12,13). The van der Waals surface area contributed by atoms with Crippen molar-refractivity contribution in [1.82, 2.24) is 15.1 Å². The fraction of sp³-hybridized carbons (Fsp3) is 0.167. The van der Waals surface area contributed by atoms with Crippen LogP contribution in [0.4, 0.5) is 4.79 Å². The maximum Gasteiger partial charge on any atom is 0.348 e. The van der Waals surface area contributed by atoms with Crippen molar-refractivity contribution in [3.8, 4) is 0 Å². The highest BCUT2D eigenvalue weighted by Crippen LogP contribution is 2.05. The molecule has 5 nitrogen and oxygen atoms in total. The molecular formula is C6H5BrClN3O2. The van der Waals surface area contributed by atoms with Crippen LogP contribution in [-0.4, -0.2) is 27.6 Å². The number of alkyl halides is 1. The van der Waals surface area contributed by atoms with E-state index in [-0.39, 0.29) is 5.88 Å². The van der Waals surface area contributed by atoms with Gasteiger partial charge in [0.15, 0.2) is 0 Å². The van der Waals surface area contributed by atoms with Gasteiger partial charge in [-0.25, -0.2) is 4.79 Å². The molecule has 1 aromatic heterocycles. The van der Waals surface area contributed by atoms with E-state index < -0.39 is 11.9 Å². The highest BCUT2D eigenvalue weighted by molar-refractivity contribution is 9.10. The number of amides is 2. The van der Waals surface area contributed by atoms with Crippen molar-refractivity contribution in [1.29, 1.82) is 0 Å². The molecule has 0 atom stereocenters. The maximum atomic E-state index is 11.1. The first-order chi connectivity index (χ1) is 6.13. The molecule has 1 heterocycles. The number of hydrogen-bond donors (Lipinski definition) is 1. The highest BCUT2D eigenvalue weighted by atomic mass is 79.9. The second-order valence-corrected chi connectivity index (χ2v) is 3.27. The number of nitrogens with zero attached hydrogens (tertiary/aromatic N) is 2. The lowest BCUT2D eigenvalue weighted by atomic mass is 10.7. The quantitative estimate of drug-likeness (QED) is 0.770. The smallest absolute Gasteiger partial charge is 0.275 e. The van der Waals surface area contributed by atoms with Crippen LogP contribution in [0, 0.1) is 0 Å². The first-order valence-electron chi connectivity index (χ1n) is 3.24. The third-order valence-electron chi connectivity index (χ3n) is 1.13. The van der Waals surface area contributed by atoms with Gasteiger partial charge in [0.2, 0.25) is 5.91 Å². The molecule has 0 aromatic carbocycles. The minimum atomic E-state index is -0.628. The Morgan fingerprint density at radius 1 is 1.69 bits per heavy atom. The minimum Gasteiger partial charge on any atom is -0.275 e. The Kier molecular flexibility index (Phi) is 3.44. The van der Waals surface area contributed by atoms with Gasteiger partial charge in [0.25, 0.3) is 0 Å². The van der Waals surface area contributed by atoms with Crippen LogP contribution in [0.5, 0.6) is 0 Å². The molecule has 0 radical (unpaired) electrons. The second-order valence-electron chi connectivity index (χ2n) is 2.09. The lowest BCUT2D eigenvalue weighted by molar-refractivity contribution is -0.117. The molecule has 2 amide bonds. The molecule has 0 aliphatic rings.